The minimum atomic E-state index is -0.0627. The lowest BCUT2D eigenvalue weighted by Crippen LogP contribution is -2.52. The van der Waals surface area contributed by atoms with Crippen LogP contribution in [0.1, 0.15) is 18.4 Å². The van der Waals surface area contributed by atoms with E-state index in [0.717, 1.165) is 30.0 Å². The molecular weight excluding hydrogens is 470 g/mol. The van der Waals surface area contributed by atoms with E-state index >= 15 is 0 Å². The van der Waals surface area contributed by atoms with E-state index in [1.807, 2.05) is 35.5 Å². The van der Waals surface area contributed by atoms with Gasteiger partial charge in [0.25, 0.3) is 0 Å². The number of hydrogen-bond donors (Lipinski definition) is 0. The number of anilines is 1. The van der Waals surface area contributed by atoms with Crippen LogP contribution in [-0.4, -0.2) is 82.6 Å². The van der Waals surface area contributed by atoms with E-state index in [0.29, 0.717) is 55.9 Å². The fraction of sp³-hybridized carbons (Fsp3) is 0.370. The maximum Gasteiger partial charge on any atom is 0.245 e. The molecule has 0 spiro atoms. The summed E-state index contributed by atoms with van der Waals surface area (Å²) in [5.74, 6) is 1.55. The van der Waals surface area contributed by atoms with Crippen LogP contribution >= 0.6 is 0 Å². The molecule has 2 aliphatic rings. The molecule has 2 amide bonds. The van der Waals surface area contributed by atoms with E-state index in [1.165, 1.54) is 12.3 Å². The normalized spacial score (nSPS) is 16.5. The Bertz CT molecular complexity index is 1360. The van der Waals surface area contributed by atoms with Crippen LogP contribution in [0.15, 0.2) is 49.4 Å². The van der Waals surface area contributed by atoms with Crippen molar-refractivity contribution in [1.29, 1.82) is 5.26 Å². The molecule has 5 heterocycles. The predicted molar refractivity (Wildman–Crippen MR) is 138 cm³/mol. The number of nitriles is 1. The molecule has 0 unspecified atom stereocenters. The van der Waals surface area contributed by atoms with Gasteiger partial charge in [-0.15, -0.1) is 0 Å². The summed E-state index contributed by atoms with van der Waals surface area (Å²) in [6, 6.07) is 8.02. The number of carbonyl (C=O) groups is 2. The van der Waals surface area contributed by atoms with Gasteiger partial charge in [0.2, 0.25) is 11.8 Å². The Morgan fingerprint density at radius 1 is 1.08 bits per heavy atom. The Morgan fingerprint density at radius 2 is 1.84 bits per heavy atom. The van der Waals surface area contributed by atoms with Crippen LogP contribution in [0, 0.1) is 17.2 Å². The van der Waals surface area contributed by atoms with Crippen LogP contribution in [0.3, 0.4) is 0 Å². The number of rotatable bonds is 5. The third-order valence-corrected chi connectivity index (χ3v) is 7.24. The molecule has 10 nitrogen and oxygen atoms in total. The van der Waals surface area contributed by atoms with Gasteiger partial charge in [-0.05, 0) is 37.1 Å². The van der Waals surface area contributed by atoms with Crippen LogP contribution in [-0.2, 0) is 9.59 Å². The van der Waals surface area contributed by atoms with Crippen molar-refractivity contribution in [3.05, 3.63) is 55.0 Å². The molecule has 0 saturated carbocycles. The molecule has 2 aliphatic heterocycles. The zero-order valence-corrected chi connectivity index (χ0v) is 20.8. The highest BCUT2D eigenvalue weighted by Crippen LogP contribution is 2.30. The summed E-state index contributed by atoms with van der Waals surface area (Å²) in [4.78, 5) is 35.4. The molecular formula is C27H29N7O3. The summed E-state index contributed by atoms with van der Waals surface area (Å²) < 4.78 is 7.16. The summed E-state index contributed by atoms with van der Waals surface area (Å²) in [7, 11) is 1.58. The first-order valence-corrected chi connectivity index (χ1v) is 12.4. The van der Waals surface area contributed by atoms with Crippen LogP contribution in [0.25, 0.3) is 16.6 Å². The molecule has 190 valence electrons. The number of amides is 2. The summed E-state index contributed by atoms with van der Waals surface area (Å²) in [6.45, 7) is 7.50. The van der Waals surface area contributed by atoms with E-state index in [2.05, 4.69) is 27.6 Å². The zero-order valence-electron chi connectivity index (χ0n) is 20.8. The van der Waals surface area contributed by atoms with Crippen molar-refractivity contribution < 1.29 is 14.3 Å². The van der Waals surface area contributed by atoms with Gasteiger partial charge in [0.15, 0.2) is 0 Å². The summed E-state index contributed by atoms with van der Waals surface area (Å²) in [6.07, 6.45) is 7.95. The predicted octanol–water partition coefficient (Wildman–Crippen LogP) is 2.35. The van der Waals surface area contributed by atoms with Gasteiger partial charge in [-0.1, -0.05) is 6.58 Å². The number of carbonyl (C=O) groups excluding carboxylic acids is 2. The van der Waals surface area contributed by atoms with Crippen molar-refractivity contribution >= 4 is 23.1 Å². The van der Waals surface area contributed by atoms with Gasteiger partial charge in [-0.25, -0.2) is 9.50 Å². The highest BCUT2D eigenvalue weighted by molar-refractivity contribution is 5.87. The Morgan fingerprint density at radius 3 is 2.46 bits per heavy atom. The van der Waals surface area contributed by atoms with E-state index in [9.17, 15) is 14.9 Å². The second-order valence-corrected chi connectivity index (χ2v) is 9.28. The number of likely N-dealkylation sites (tertiary alicyclic amines) is 1. The number of nitrogens with zero attached hydrogens (tertiary/aromatic N) is 7. The third-order valence-electron chi connectivity index (χ3n) is 7.24. The SMILES string of the molecule is C=CC(=O)N1CCC(C(=O)N2CCN(c3ccc(-c4cc(OC)c5c(C#N)cnn5c4)cn3)CC2)CC1. The van der Waals surface area contributed by atoms with Gasteiger partial charge in [-0.3, -0.25) is 9.59 Å². The van der Waals surface area contributed by atoms with Gasteiger partial charge in [0, 0.05) is 68.7 Å². The second kappa shape index (κ2) is 10.3. The Labute approximate surface area is 215 Å². The minimum absolute atomic E-state index is 0.0221. The molecule has 3 aromatic heterocycles. The fourth-order valence-electron chi connectivity index (χ4n) is 5.11. The topological polar surface area (TPSA) is 107 Å². The third kappa shape index (κ3) is 4.72. The van der Waals surface area contributed by atoms with Crippen molar-refractivity contribution in [3.63, 3.8) is 0 Å². The highest BCUT2D eigenvalue weighted by Gasteiger charge is 2.31. The summed E-state index contributed by atoms with van der Waals surface area (Å²) >= 11 is 0. The maximum atomic E-state index is 13.0. The number of fused-ring (bicyclic) bond motifs is 1. The van der Waals surface area contributed by atoms with Crippen molar-refractivity contribution in [2.45, 2.75) is 12.8 Å². The van der Waals surface area contributed by atoms with E-state index in [1.54, 1.807) is 16.5 Å². The Hall–Kier alpha value is -4.39. The molecule has 37 heavy (non-hydrogen) atoms. The van der Waals surface area contributed by atoms with Crippen LogP contribution in [0.5, 0.6) is 5.75 Å². The quantitative estimate of drug-likeness (QED) is 0.496. The van der Waals surface area contributed by atoms with Gasteiger partial charge >= 0.3 is 0 Å². The summed E-state index contributed by atoms with van der Waals surface area (Å²) in [5.41, 5.74) is 2.89. The number of methoxy groups -OCH3 is 1. The number of piperidine rings is 1. The lowest BCUT2D eigenvalue weighted by Gasteiger charge is -2.38. The van der Waals surface area contributed by atoms with Crippen molar-refractivity contribution in [3.8, 4) is 22.9 Å². The van der Waals surface area contributed by atoms with Gasteiger partial charge in [0.05, 0.1) is 13.3 Å². The van der Waals surface area contributed by atoms with Crippen molar-refractivity contribution in [2.75, 3.05) is 51.3 Å². The standard InChI is InChI=1S/C27H29N7O3/c1-3-25(35)32-8-6-19(7-9-32)27(36)33-12-10-31(11-13-33)24-5-4-20(16-29-24)21-14-23(37-2)26-22(15-28)17-30-34(26)18-21/h3-5,14,16-19H,1,6-13H2,2H3. The zero-order chi connectivity index (χ0) is 25.9. The Balaban J connectivity index is 1.21. The van der Waals surface area contributed by atoms with Gasteiger partial charge in [-0.2, -0.15) is 10.4 Å². The molecule has 5 rings (SSSR count). The van der Waals surface area contributed by atoms with Crippen LogP contribution in [0.4, 0.5) is 5.82 Å². The minimum Gasteiger partial charge on any atom is -0.494 e. The molecule has 2 saturated heterocycles. The number of ether oxygens (including phenoxy) is 1. The average molecular weight is 500 g/mol. The van der Waals surface area contributed by atoms with Gasteiger partial charge in [0.1, 0.15) is 28.7 Å². The van der Waals surface area contributed by atoms with Crippen molar-refractivity contribution in [1.82, 2.24) is 24.4 Å². The summed E-state index contributed by atoms with van der Waals surface area (Å²) in [5, 5.41) is 13.6. The first-order chi connectivity index (χ1) is 18.0. The lowest BCUT2D eigenvalue weighted by atomic mass is 9.95. The molecule has 0 bridgehead atoms. The monoisotopic (exact) mass is 499 g/mol. The number of piperazine rings is 1. The molecule has 0 radical (unpaired) electrons. The van der Waals surface area contributed by atoms with Crippen LogP contribution < -0.4 is 9.64 Å². The number of aromatic nitrogens is 3. The molecule has 0 aromatic carbocycles. The lowest BCUT2D eigenvalue weighted by molar-refractivity contribution is -0.139. The largest absolute Gasteiger partial charge is 0.494 e. The first-order valence-electron chi connectivity index (χ1n) is 12.4. The average Bonchev–Trinajstić information content (AvgIpc) is 3.39. The van der Waals surface area contributed by atoms with E-state index in [4.69, 9.17) is 4.74 Å². The molecule has 2 fully saturated rings. The van der Waals surface area contributed by atoms with Crippen molar-refractivity contribution in [2.24, 2.45) is 5.92 Å². The van der Waals surface area contributed by atoms with Gasteiger partial charge < -0.3 is 19.4 Å². The molecule has 0 N–H and O–H groups in total. The number of pyridine rings is 2. The fourth-order valence-corrected chi connectivity index (χ4v) is 5.11. The van der Waals surface area contributed by atoms with E-state index in [-0.39, 0.29) is 17.7 Å². The first kappa shape index (κ1) is 24.3. The number of hydrogen-bond acceptors (Lipinski definition) is 7. The molecule has 3 aromatic rings. The smallest absolute Gasteiger partial charge is 0.245 e. The molecule has 10 heteroatoms. The molecule has 0 atom stereocenters. The Kier molecular flexibility index (Phi) is 6.77. The van der Waals surface area contributed by atoms with Crippen LogP contribution in [0.2, 0.25) is 0 Å². The molecule has 0 aliphatic carbocycles. The van der Waals surface area contributed by atoms with E-state index < -0.39 is 0 Å². The second-order valence-electron chi connectivity index (χ2n) is 9.28. The highest BCUT2D eigenvalue weighted by atomic mass is 16.5. The maximum absolute atomic E-state index is 13.0.